The second-order valence-corrected chi connectivity index (χ2v) is 6.83. The van der Waals surface area contributed by atoms with E-state index in [0.29, 0.717) is 25.7 Å². The predicted molar refractivity (Wildman–Crippen MR) is 92.1 cm³/mol. The Morgan fingerprint density at radius 1 is 1.36 bits per heavy atom. The van der Waals surface area contributed by atoms with Crippen molar-refractivity contribution >= 4 is 11.8 Å². The minimum Gasteiger partial charge on any atom is -0.393 e. The number of hydrogen-bond acceptors (Lipinski definition) is 5. The van der Waals surface area contributed by atoms with Gasteiger partial charge in [0.25, 0.3) is 0 Å². The number of aliphatic hydroxyl groups excluding tert-OH is 1. The molecule has 0 bridgehead atoms. The molecule has 0 aromatic carbocycles. The van der Waals surface area contributed by atoms with Crippen molar-refractivity contribution in [1.82, 2.24) is 4.98 Å². The quantitative estimate of drug-likeness (QED) is 0.631. The summed E-state index contributed by atoms with van der Waals surface area (Å²) in [5.41, 5.74) is 11.8. The summed E-state index contributed by atoms with van der Waals surface area (Å²) < 4.78 is 5.52. The van der Waals surface area contributed by atoms with Gasteiger partial charge in [0.1, 0.15) is 6.10 Å². The molecule has 0 radical (unpaired) electrons. The average molecular weight is 349 g/mol. The Labute approximate surface area is 147 Å². The van der Waals surface area contributed by atoms with Gasteiger partial charge in [-0.3, -0.25) is 14.6 Å². The lowest BCUT2D eigenvalue weighted by Gasteiger charge is -2.36. The first-order chi connectivity index (χ1) is 11.9. The summed E-state index contributed by atoms with van der Waals surface area (Å²) in [6, 6.07) is 5.63. The fourth-order valence-electron chi connectivity index (χ4n) is 3.51. The summed E-state index contributed by atoms with van der Waals surface area (Å²) in [5, 5.41) is 10.3. The fraction of sp³-hybridized carbons (Fsp3) is 0.611. The first kappa shape index (κ1) is 19.3. The van der Waals surface area contributed by atoms with Crippen molar-refractivity contribution in [1.29, 1.82) is 0 Å². The van der Waals surface area contributed by atoms with E-state index in [1.807, 2.05) is 25.1 Å². The number of primary amides is 2. The van der Waals surface area contributed by atoms with Gasteiger partial charge in [0, 0.05) is 17.8 Å². The van der Waals surface area contributed by atoms with Crippen LogP contribution in [-0.2, 0) is 20.7 Å². The van der Waals surface area contributed by atoms with Gasteiger partial charge in [0.15, 0.2) is 0 Å². The summed E-state index contributed by atoms with van der Waals surface area (Å²) in [4.78, 5) is 27.6. The number of aryl methyl sites for hydroxylation is 1. The largest absolute Gasteiger partial charge is 0.393 e. The summed E-state index contributed by atoms with van der Waals surface area (Å²) >= 11 is 0. The molecule has 5 unspecified atom stereocenters. The third-order valence-corrected chi connectivity index (χ3v) is 4.79. The molecule has 25 heavy (non-hydrogen) atoms. The molecule has 1 aromatic heterocycles. The van der Waals surface area contributed by atoms with Crippen LogP contribution in [0.2, 0.25) is 0 Å². The summed E-state index contributed by atoms with van der Waals surface area (Å²) in [6.45, 7) is 1.84. The standard InChI is InChI=1S/C18H27N3O4/c1-11-8-12(9-16(25-11)18(20)24)15(17(19)23)10-14(22)6-5-13-4-2-3-7-21-13/h2-4,7,11-12,14-16,22H,5-6,8-10H2,1H3,(H2,19,23)(H2,20,24). The van der Waals surface area contributed by atoms with E-state index < -0.39 is 29.9 Å². The van der Waals surface area contributed by atoms with Gasteiger partial charge in [-0.1, -0.05) is 6.07 Å². The zero-order valence-electron chi connectivity index (χ0n) is 14.5. The van der Waals surface area contributed by atoms with Crippen LogP contribution in [0.25, 0.3) is 0 Å². The topological polar surface area (TPSA) is 129 Å². The average Bonchev–Trinajstić information content (AvgIpc) is 2.58. The lowest BCUT2D eigenvalue weighted by atomic mass is 9.78. The molecule has 7 heteroatoms. The monoisotopic (exact) mass is 349 g/mol. The van der Waals surface area contributed by atoms with Gasteiger partial charge in [0.05, 0.1) is 12.2 Å². The van der Waals surface area contributed by atoms with Crippen molar-refractivity contribution in [2.24, 2.45) is 23.3 Å². The number of pyridine rings is 1. The fourth-order valence-corrected chi connectivity index (χ4v) is 3.51. The van der Waals surface area contributed by atoms with Gasteiger partial charge in [-0.25, -0.2) is 0 Å². The lowest BCUT2D eigenvalue weighted by molar-refractivity contribution is -0.145. The number of carbonyl (C=O) groups excluding carboxylic acids is 2. The first-order valence-corrected chi connectivity index (χ1v) is 8.69. The second-order valence-electron chi connectivity index (χ2n) is 6.83. The summed E-state index contributed by atoms with van der Waals surface area (Å²) in [6.07, 6.45) is 2.53. The van der Waals surface area contributed by atoms with Crippen LogP contribution in [0.15, 0.2) is 24.4 Å². The summed E-state index contributed by atoms with van der Waals surface area (Å²) in [5.74, 6) is -1.62. The second kappa shape index (κ2) is 8.92. The van der Waals surface area contributed by atoms with Crippen LogP contribution in [0.5, 0.6) is 0 Å². The van der Waals surface area contributed by atoms with E-state index in [4.69, 9.17) is 16.2 Å². The SMILES string of the molecule is CC1CC(C(CC(O)CCc2ccccn2)C(N)=O)CC(C(N)=O)O1. The van der Waals surface area contributed by atoms with E-state index in [1.54, 1.807) is 6.20 Å². The van der Waals surface area contributed by atoms with Crippen LogP contribution in [0.3, 0.4) is 0 Å². The molecule has 5 N–H and O–H groups in total. The Morgan fingerprint density at radius 2 is 2.12 bits per heavy atom. The molecule has 0 spiro atoms. The Hall–Kier alpha value is -1.99. The Kier molecular flexibility index (Phi) is 6.90. The lowest BCUT2D eigenvalue weighted by Crippen LogP contribution is -2.45. The van der Waals surface area contributed by atoms with Crippen molar-refractivity contribution in [3.8, 4) is 0 Å². The smallest absolute Gasteiger partial charge is 0.246 e. The van der Waals surface area contributed by atoms with Crippen LogP contribution in [0.4, 0.5) is 0 Å². The number of aliphatic hydroxyl groups is 1. The maximum Gasteiger partial charge on any atom is 0.246 e. The van der Waals surface area contributed by atoms with Crippen LogP contribution >= 0.6 is 0 Å². The highest BCUT2D eigenvalue weighted by atomic mass is 16.5. The molecule has 2 heterocycles. The van der Waals surface area contributed by atoms with E-state index in [9.17, 15) is 14.7 Å². The molecule has 2 amide bonds. The Morgan fingerprint density at radius 3 is 2.72 bits per heavy atom. The number of ether oxygens (including phenoxy) is 1. The third kappa shape index (κ3) is 5.79. The highest BCUT2D eigenvalue weighted by molar-refractivity contribution is 5.80. The van der Waals surface area contributed by atoms with Crippen molar-refractivity contribution < 1.29 is 19.4 Å². The first-order valence-electron chi connectivity index (χ1n) is 8.69. The molecule has 2 rings (SSSR count). The van der Waals surface area contributed by atoms with E-state index in [-0.39, 0.29) is 18.4 Å². The zero-order chi connectivity index (χ0) is 18.4. The minimum atomic E-state index is -0.707. The minimum absolute atomic E-state index is 0.122. The zero-order valence-corrected chi connectivity index (χ0v) is 14.5. The number of nitrogens with two attached hydrogens (primary N) is 2. The maximum atomic E-state index is 11.9. The predicted octanol–water partition coefficient (Wildman–Crippen LogP) is 0.536. The number of carbonyl (C=O) groups is 2. The highest BCUT2D eigenvalue weighted by Crippen LogP contribution is 2.33. The Bertz CT molecular complexity index is 581. The van der Waals surface area contributed by atoms with E-state index >= 15 is 0 Å². The molecule has 7 nitrogen and oxygen atoms in total. The normalized spacial score (nSPS) is 25.9. The molecule has 5 atom stereocenters. The van der Waals surface area contributed by atoms with E-state index in [2.05, 4.69) is 4.98 Å². The molecule has 0 aliphatic carbocycles. The van der Waals surface area contributed by atoms with Gasteiger partial charge in [-0.2, -0.15) is 0 Å². The maximum absolute atomic E-state index is 11.9. The van der Waals surface area contributed by atoms with Gasteiger partial charge in [-0.15, -0.1) is 0 Å². The molecule has 0 saturated carbocycles. The van der Waals surface area contributed by atoms with Crippen molar-refractivity contribution in [3.05, 3.63) is 30.1 Å². The van der Waals surface area contributed by atoms with Crippen LogP contribution in [0.1, 0.15) is 38.3 Å². The van der Waals surface area contributed by atoms with Crippen molar-refractivity contribution in [3.63, 3.8) is 0 Å². The highest BCUT2D eigenvalue weighted by Gasteiger charge is 2.37. The molecule has 138 valence electrons. The number of nitrogens with zero attached hydrogens (tertiary/aromatic N) is 1. The number of aromatic nitrogens is 1. The summed E-state index contributed by atoms with van der Waals surface area (Å²) in [7, 11) is 0. The van der Waals surface area contributed by atoms with Gasteiger partial charge in [-0.05, 0) is 57.1 Å². The molecule has 1 fully saturated rings. The number of hydrogen-bond donors (Lipinski definition) is 3. The molecular weight excluding hydrogens is 322 g/mol. The van der Waals surface area contributed by atoms with Crippen LogP contribution in [-0.4, -0.2) is 40.2 Å². The van der Waals surface area contributed by atoms with Crippen molar-refractivity contribution in [2.75, 3.05) is 0 Å². The van der Waals surface area contributed by atoms with E-state index in [0.717, 1.165) is 5.69 Å². The number of rotatable bonds is 8. The van der Waals surface area contributed by atoms with Gasteiger partial charge < -0.3 is 21.3 Å². The van der Waals surface area contributed by atoms with Crippen LogP contribution < -0.4 is 11.5 Å². The van der Waals surface area contributed by atoms with Gasteiger partial charge >= 0.3 is 0 Å². The molecule has 1 aliphatic rings. The molecule has 1 saturated heterocycles. The third-order valence-electron chi connectivity index (χ3n) is 4.79. The molecule has 1 aliphatic heterocycles. The van der Waals surface area contributed by atoms with Crippen molar-refractivity contribution in [2.45, 2.75) is 57.3 Å². The molecular formula is C18H27N3O4. The van der Waals surface area contributed by atoms with Crippen LogP contribution in [0, 0.1) is 11.8 Å². The van der Waals surface area contributed by atoms with E-state index in [1.165, 1.54) is 0 Å². The van der Waals surface area contributed by atoms with Gasteiger partial charge in [0.2, 0.25) is 11.8 Å². The number of amides is 2. The molecule has 1 aromatic rings. The Balaban J connectivity index is 1.95.